The molecule has 1 aliphatic rings. The normalized spacial score (nSPS) is 19.5. The van der Waals surface area contributed by atoms with E-state index in [1.807, 2.05) is 20.8 Å². The number of nitrogens with one attached hydrogen (secondary N) is 1. The van der Waals surface area contributed by atoms with Gasteiger partial charge < -0.3 is 20.4 Å². The summed E-state index contributed by atoms with van der Waals surface area (Å²) in [5, 5.41) is 24.0. The standard InChI is InChI=1S/C17H28N2O2/c1-11-9-15(20)13(3)14(4)16(11)17(21)12(2)10-19-7-5-18-6-8-19/h9,12,17-18,20-21H,5-8,10H2,1-4H3. The van der Waals surface area contributed by atoms with Crippen molar-refractivity contribution in [3.8, 4) is 5.75 Å². The molecule has 4 heteroatoms. The van der Waals surface area contributed by atoms with E-state index in [-0.39, 0.29) is 5.92 Å². The van der Waals surface area contributed by atoms with E-state index in [1.165, 1.54) is 0 Å². The lowest BCUT2D eigenvalue weighted by Crippen LogP contribution is -2.45. The summed E-state index contributed by atoms with van der Waals surface area (Å²) in [4.78, 5) is 2.41. The van der Waals surface area contributed by atoms with Crippen molar-refractivity contribution in [1.82, 2.24) is 10.2 Å². The number of aliphatic hydroxyl groups excluding tert-OH is 1. The third-order valence-electron chi connectivity index (χ3n) is 4.72. The third-order valence-corrected chi connectivity index (χ3v) is 4.72. The van der Waals surface area contributed by atoms with Gasteiger partial charge >= 0.3 is 0 Å². The second kappa shape index (κ2) is 6.77. The topological polar surface area (TPSA) is 55.7 Å². The molecule has 2 rings (SSSR count). The number of benzene rings is 1. The Morgan fingerprint density at radius 3 is 2.43 bits per heavy atom. The Balaban J connectivity index is 2.15. The van der Waals surface area contributed by atoms with Crippen LogP contribution in [0.15, 0.2) is 6.07 Å². The van der Waals surface area contributed by atoms with Crippen molar-refractivity contribution in [2.45, 2.75) is 33.8 Å². The van der Waals surface area contributed by atoms with Gasteiger partial charge in [0.1, 0.15) is 5.75 Å². The highest BCUT2D eigenvalue weighted by atomic mass is 16.3. The molecule has 2 atom stereocenters. The van der Waals surface area contributed by atoms with E-state index < -0.39 is 6.10 Å². The molecule has 0 amide bonds. The molecule has 1 fully saturated rings. The van der Waals surface area contributed by atoms with Gasteiger partial charge in [0.05, 0.1) is 6.10 Å². The number of nitrogens with zero attached hydrogens (tertiary/aromatic N) is 1. The SMILES string of the molecule is Cc1cc(O)c(C)c(C)c1C(O)C(C)CN1CCNCC1. The molecule has 118 valence electrons. The lowest BCUT2D eigenvalue weighted by Gasteiger charge is -2.32. The van der Waals surface area contributed by atoms with Crippen molar-refractivity contribution in [3.63, 3.8) is 0 Å². The first-order chi connectivity index (χ1) is 9.91. The Morgan fingerprint density at radius 1 is 1.19 bits per heavy atom. The number of aromatic hydroxyl groups is 1. The molecular formula is C17H28N2O2. The van der Waals surface area contributed by atoms with E-state index in [0.29, 0.717) is 5.75 Å². The van der Waals surface area contributed by atoms with E-state index in [1.54, 1.807) is 6.07 Å². The molecule has 0 aliphatic carbocycles. The molecule has 0 bridgehead atoms. The molecule has 1 aliphatic heterocycles. The summed E-state index contributed by atoms with van der Waals surface area (Å²) in [7, 11) is 0. The van der Waals surface area contributed by atoms with Crippen LogP contribution in [-0.4, -0.2) is 47.8 Å². The Morgan fingerprint density at radius 2 is 1.81 bits per heavy atom. The highest BCUT2D eigenvalue weighted by Crippen LogP contribution is 2.34. The van der Waals surface area contributed by atoms with Gasteiger partial charge in [-0.05, 0) is 55.0 Å². The lowest BCUT2D eigenvalue weighted by molar-refractivity contribution is 0.0832. The van der Waals surface area contributed by atoms with Crippen LogP contribution in [0.3, 0.4) is 0 Å². The number of piperazine rings is 1. The zero-order chi connectivity index (χ0) is 15.6. The van der Waals surface area contributed by atoms with Crippen molar-refractivity contribution in [2.75, 3.05) is 32.7 Å². The van der Waals surface area contributed by atoms with Gasteiger partial charge in [0.2, 0.25) is 0 Å². The van der Waals surface area contributed by atoms with Crippen molar-refractivity contribution in [2.24, 2.45) is 5.92 Å². The Labute approximate surface area is 127 Å². The van der Waals surface area contributed by atoms with Crippen LogP contribution in [-0.2, 0) is 0 Å². The minimum Gasteiger partial charge on any atom is -0.508 e. The molecule has 1 aromatic carbocycles. The smallest absolute Gasteiger partial charge is 0.119 e. The van der Waals surface area contributed by atoms with Crippen LogP contribution in [0.2, 0.25) is 0 Å². The number of phenols is 1. The largest absolute Gasteiger partial charge is 0.508 e. The van der Waals surface area contributed by atoms with Gasteiger partial charge in [-0.2, -0.15) is 0 Å². The van der Waals surface area contributed by atoms with Crippen molar-refractivity contribution < 1.29 is 10.2 Å². The quantitative estimate of drug-likeness (QED) is 0.793. The number of aliphatic hydroxyl groups is 1. The fourth-order valence-electron chi connectivity index (χ4n) is 3.22. The Kier molecular flexibility index (Phi) is 5.25. The number of rotatable bonds is 4. The van der Waals surface area contributed by atoms with E-state index in [0.717, 1.165) is 55.0 Å². The van der Waals surface area contributed by atoms with Gasteiger partial charge in [-0.15, -0.1) is 0 Å². The summed E-state index contributed by atoms with van der Waals surface area (Å²) in [5.74, 6) is 0.486. The molecule has 1 aromatic rings. The minimum absolute atomic E-state index is 0.171. The summed E-state index contributed by atoms with van der Waals surface area (Å²) >= 11 is 0. The highest BCUT2D eigenvalue weighted by Gasteiger charge is 2.24. The van der Waals surface area contributed by atoms with E-state index in [4.69, 9.17) is 0 Å². The predicted molar refractivity (Wildman–Crippen MR) is 85.8 cm³/mol. The molecule has 1 saturated heterocycles. The van der Waals surface area contributed by atoms with Gasteiger partial charge in [-0.25, -0.2) is 0 Å². The van der Waals surface area contributed by atoms with Crippen LogP contribution in [0.25, 0.3) is 0 Å². The number of phenolic OH excluding ortho intramolecular Hbond substituents is 1. The van der Waals surface area contributed by atoms with E-state index in [9.17, 15) is 10.2 Å². The van der Waals surface area contributed by atoms with Crippen LogP contribution < -0.4 is 5.32 Å². The maximum absolute atomic E-state index is 10.8. The predicted octanol–water partition coefficient (Wildman–Crippen LogP) is 1.89. The molecule has 0 aromatic heterocycles. The monoisotopic (exact) mass is 292 g/mol. The first kappa shape index (κ1) is 16.3. The molecule has 21 heavy (non-hydrogen) atoms. The fourth-order valence-corrected chi connectivity index (χ4v) is 3.22. The van der Waals surface area contributed by atoms with Crippen LogP contribution in [0.1, 0.15) is 35.3 Å². The maximum Gasteiger partial charge on any atom is 0.119 e. The summed E-state index contributed by atoms with van der Waals surface area (Å²) in [5.41, 5.74) is 3.82. The van der Waals surface area contributed by atoms with Crippen molar-refractivity contribution in [3.05, 3.63) is 28.3 Å². The summed E-state index contributed by atoms with van der Waals surface area (Å²) < 4.78 is 0. The molecule has 3 N–H and O–H groups in total. The van der Waals surface area contributed by atoms with Crippen LogP contribution in [0.5, 0.6) is 5.75 Å². The highest BCUT2D eigenvalue weighted by molar-refractivity contribution is 5.48. The molecule has 1 heterocycles. The second-order valence-electron chi connectivity index (χ2n) is 6.35. The average molecular weight is 292 g/mol. The first-order valence-electron chi connectivity index (χ1n) is 7.82. The molecule has 0 radical (unpaired) electrons. The molecule has 0 spiro atoms. The zero-order valence-electron chi connectivity index (χ0n) is 13.6. The zero-order valence-corrected chi connectivity index (χ0v) is 13.6. The summed E-state index contributed by atoms with van der Waals surface area (Å²) in [6, 6.07) is 1.76. The van der Waals surface area contributed by atoms with Crippen molar-refractivity contribution >= 4 is 0 Å². The van der Waals surface area contributed by atoms with Crippen LogP contribution in [0.4, 0.5) is 0 Å². The number of hydrogen-bond acceptors (Lipinski definition) is 4. The summed E-state index contributed by atoms with van der Waals surface area (Å²) in [6.07, 6.45) is -0.487. The van der Waals surface area contributed by atoms with Gasteiger partial charge in [0.25, 0.3) is 0 Å². The average Bonchev–Trinajstić information content (AvgIpc) is 2.45. The number of hydrogen-bond donors (Lipinski definition) is 3. The molecular weight excluding hydrogens is 264 g/mol. The Bertz CT molecular complexity index is 496. The lowest BCUT2D eigenvalue weighted by atomic mass is 9.88. The first-order valence-corrected chi connectivity index (χ1v) is 7.82. The van der Waals surface area contributed by atoms with Gasteiger partial charge in [0, 0.05) is 32.7 Å². The van der Waals surface area contributed by atoms with Gasteiger partial charge in [0.15, 0.2) is 0 Å². The van der Waals surface area contributed by atoms with Gasteiger partial charge in [-0.1, -0.05) is 6.92 Å². The maximum atomic E-state index is 10.8. The Hall–Kier alpha value is -1.10. The molecule has 0 saturated carbocycles. The van der Waals surface area contributed by atoms with Crippen LogP contribution in [0, 0.1) is 26.7 Å². The van der Waals surface area contributed by atoms with Crippen molar-refractivity contribution in [1.29, 1.82) is 0 Å². The molecule has 2 unspecified atom stereocenters. The van der Waals surface area contributed by atoms with Crippen LogP contribution >= 0.6 is 0 Å². The number of aryl methyl sites for hydroxylation is 1. The van der Waals surface area contributed by atoms with E-state index >= 15 is 0 Å². The van der Waals surface area contributed by atoms with E-state index in [2.05, 4.69) is 17.1 Å². The minimum atomic E-state index is -0.487. The second-order valence-corrected chi connectivity index (χ2v) is 6.35. The summed E-state index contributed by atoms with van der Waals surface area (Å²) in [6.45, 7) is 13.0. The third kappa shape index (κ3) is 3.57. The van der Waals surface area contributed by atoms with Gasteiger partial charge in [-0.3, -0.25) is 0 Å². The fraction of sp³-hybridized carbons (Fsp3) is 0.647. The molecule has 4 nitrogen and oxygen atoms in total.